The van der Waals surface area contributed by atoms with E-state index in [1.54, 1.807) is 0 Å². The number of carbonyl (C=O) groups excluding carboxylic acids is 2. The van der Waals surface area contributed by atoms with Crippen molar-refractivity contribution < 1.29 is 19.1 Å². The van der Waals surface area contributed by atoms with Crippen LogP contribution in [0.2, 0.25) is 0 Å². The van der Waals surface area contributed by atoms with Crippen LogP contribution in [0, 0.1) is 11.8 Å². The highest BCUT2D eigenvalue weighted by Crippen LogP contribution is 2.54. The summed E-state index contributed by atoms with van der Waals surface area (Å²) >= 11 is 0. The van der Waals surface area contributed by atoms with Gasteiger partial charge < -0.3 is 19.4 Å². The molecule has 2 saturated heterocycles. The molecule has 0 radical (unpaired) electrons. The minimum atomic E-state index is -0.547. The van der Waals surface area contributed by atoms with Crippen molar-refractivity contribution in [3.8, 4) is 33.6 Å². The molecule has 2 saturated carbocycles. The summed E-state index contributed by atoms with van der Waals surface area (Å²) in [6, 6.07) is 21.6. The minimum Gasteiger partial charge on any atom is -0.444 e. The van der Waals surface area contributed by atoms with Crippen LogP contribution in [0.4, 0.5) is 9.59 Å². The number of nitrogens with zero attached hydrogens (tertiary/aromatic N) is 4. The third-order valence-corrected chi connectivity index (χ3v) is 11.0. The monoisotopic (exact) mass is 698 g/mol. The lowest BCUT2D eigenvalue weighted by molar-refractivity contribution is 0.0164. The second-order valence-corrected chi connectivity index (χ2v) is 17.1. The zero-order valence-corrected chi connectivity index (χ0v) is 30.6. The van der Waals surface area contributed by atoms with Gasteiger partial charge in [-0.1, -0.05) is 60.7 Å². The van der Waals surface area contributed by atoms with Gasteiger partial charge in [0.25, 0.3) is 0 Å². The Hall–Kier alpha value is -5.12. The lowest BCUT2D eigenvalue weighted by Crippen LogP contribution is -2.38. The number of ether oxygens (including phenoxy) is 2. The molecule has 4 aliphatic rings. The Kier molecular flexibility index (Phi) is 7.37. The number of piperidine rings is 2. The number of fused-ring (bicyclic) bond motifs is 3. The first-order chi connectivity index (χ1) is 24.8. The molecule has 5 aromatic rings. The van der Waals surface area contributed by atoms with Gasteiger partial charge in [-0.15, -0.1) is 0 Å². The first-order valence-electron chi connectivity index (χ1n) is 18.6. The summed E-state index contributed by atoms with van der Waals surface area (Å²) in [4.78, 5) is 46.7. The lowest BCUT2D eigenvalue weighted by Gasteiger charge is -2.29. The summed E-state index contributed by atoms with van der Waals surface area (Å²) in [5, 5.41) is 2.27. The second-order valence-electron chi connectivity index (χ2n) is 17.1. The molecule has 2 aromatic heterocycles. The summed E-state index contributed by atoms with van der Waals surface area (Å²) < 4.78 is 11.5. The van der Waals surface area contributed by atoms with E-state index >= 15 is 0 Å². The highest BCUT2D eigenvalue weighted by Gasteiger charge is 2.57. The van der Waals surface area contributed by atoms with Crippen molar-refractivity contribution in [2.24, 2.45) is 11.8 Å². The molecule has 0 bridgehead atoms. The zero-order valence-electron chi connectivity index (χ0n) is 30.6. The Balaban J connectivity index is 0.952. The van der Waals surface area contributed by atoms with Crippen molar-refractivity contribution in [1.29, 1.82) is 0 Å². The van der Waals surface area contributed by atoms with E-state index in [1.807, 2.05) is 63.7 Å². The number of amides is 2. The maximum absolute atomic E-state index is 13.2. The fourth-order valence-electron chi connectivity index (χ4n) is 8.48. The molecule has 2 N–H and O–H groups in total. The van der Waals surface area contributed by atoms with Crippen LogP contribution < -0.4 is 0 Å². The molecule has 10 nitrogen and oxygen atoms in total. The van der Waals surface area contributed by atoms with E-state index in [0.29, 0.717) is 11.8 Å². The van der Waals surface area contributed by atoms with Crippen molar-refractivity contribution in [3.63, 3.8) is 0 Å². The average Bonchev–Trinajstić information content (AvgIpc) is 3.68. The highest BCUT2D eigenvalue weighted by molar-refractivity contribution is 6.04. The van der Waals surface area contributed by atoms with E-state index in [-0.39, 0.29) is 36.4 Å². The predicted molar refractivity (Wildman–Crippen MR) is 199 cm³/mol. The van der Waals surface area contributed by atoms with Crippen molar-refractivity contribution >= 4 is 23.0 Å². The Morgan fingerprint density at radius 3 is 1.62 bits per heavy atom. The number of H-pyrrole nitrogens is 2. The zero-order chi connectivity index (χ0) is 36.1. The number of carbonyl (C=O) groups is 2. The maximum Gasteiger partial charge on any atom is 0.411 e. The Morgan fingerprint density at radius 2 is 1.08 bits per heavy atom. The first-order valence-corrected chi connectivity index (χ1v) is 18.6. The average molecular weight is 699 g/mol. The topological polar surface area (TPSA) is 116 Å². The number of aromatic amines is 2. The van der Waals surface area contributed by atoms with E-state index in [0.717, 1.165) is 81.7 Å². The summed E-state index contributed by atoms with van der Waals surface area (Å²) in [7, 11) is 0. The quantitative estimate of drug-likeness (QED) is 0.189. The molecule has 10 heteroatoms. The Bertz CT molecular complexity index is 2190. The largest absolute Gasteiger partial charge is 0.444 e. The molecule has 4 heterocycles. The molecule has 0 spiro atoms. The van der Waals surface area contributed by atoms with E-state index in [1.165, 1.54) is 0 Å². The normalized spacial score (nSPS) is 24.9. The van der Waals surface area contributed by atoms with Gasteiger partial charge in [-0.2, -0.15) is 0 Å². The Morgan fingerprint density at radius 1 is 0.615 bits per heavy atom. The van der Waals surface area contributed by atoms with E-state index in [2.05, 4.69) is 70.6 Å². The van der Waals surface area contributed by atoms with Gasteiger partial charge in [0.1, 0.15) is 22.9 Å². The first kappa shape index (κ1) is 32.8. The highest BCUT2D eigenvalue weighted by atomic mass is 16.6. The van der Waals surface area contributed by atoms with Gasteiger partial charge in [0, 0.05) is 17.6 Å². The van der Waals surface area contributed by atoms with Gasteiger partial charge in [-0.3, -0.25) is 9.80 Å². The van der Waals surface area contributed by atoms with Crippen LogP contribution in [0.3, 0.4) is 0 Å². The number of hydrogen-bond acceptors (Lipinski definition) is 6. The predicted octanol–water partition coefficient (Wildman–Crippen LogP) is 9.43. The van der Waals surface area contributed by atoms with Crippen LogP contribution in [-0.2, 0) is 9.47 Å². The van der Waals surface area contributed by atoms with Crippen LogP contribution in [0.25, 0.3) is 44.4 Å². The van der Waals surface area contributed by atoms with Crippen molar-refractivity contribution in [3.05, 3.63) is 84.7 Å². The molecule has 2 amide bonds. The molecule has 52 heavy (non-hydrogen) atoms. The van der Waals surface area contributed by atoms with Gasteiger partial charge in [0.2, 0.25) is 0 Å². The number of imidazole rings is 2. The molecule has 2 aliphatic heterocycles. The van der Waals surface area contributed by atoms with Crippen LogP contribution in [0.1, 0.15) is 91.0 Å². The fraction of sp³-hybridized carbons (Fsp3) is 0.429. The van der Waals surface area contributed by atoms with Crippen molar-refractivity contribution in [2.45, 2.75) is 103 Å². The van der Waals surface area contributed by atoms with Gasteiger partial charge in [0.05, 0.1) is 35.9 Å². The van der Waals surface area contributed by atoms with Gasteiger partial charge in [0.15, 0.2) is 0 Å². The van der Waals surface area contributed by atoms with Crippen molar-refractivity contribution in [1.82, 2.24) is 29.7 Å². The maximum atomic E-state index is 13.2. The smallest absolute Gasteiger partial charge is 0.411 e. The number of benzene rings is 3. The van der Waals surface area contributed by atoms with Crippen LogP contribution in [0.15, 0.2) is 73.1 Å². The molecular weight excluding hydrogens is 652 g/mol. The van der Waals surface area contributed by atoms with E-state index in [4.69, 9.17) is 19.4 Å². The summed E-state index contributed by atoms with van der Waals surface area (Å²) in [6.07, 6.45) is 7.13. The van der Waals surface area contributed by atoms with Gasteiger partial charge in [-0.05, 0) is 107 Å². The van der Waals surface area contributed by atoms with Crippen molar-refractivity contribution in [2.75, 3.05) is 0 Å². The summed E-state index contributed by atoms with van der Waals surface area (Å²) in [5.74, 6) is 2.65. The Labute approximate surface area is 303 Å². The number of likely N-dealkylation sites (tertiary alicyclic amines) is 2. The summed E-state index contributed by atoms with van der Waals surface area (Å²) in [5.41, 5.74) is 5.12. The van der Waals surface area contributed by atoms with Gasteiger partial charge in [-0.25, -0.2) is 19.6 Å². The molecule has 4 fully saturated rings. The summed E-state index contributed by atoms with van der Waals surface area (Å²) in [6.45, 7) is 11.4. The molecule has 3 aromatic carbocycles. The second kappa shape index (κ2) is 11.7. The number of rotatable bonds is 5. The minimum absolute atomic E-state index is 0.102. The van der Waals surface area contributed by atoms with E-state index in [9.17, 15) is 9.59 Å². The third-order valence-electron chi connectivity index (χ3n) is 11.0. The number of hydrogen-bond donors (Lipinski definition) is 2. The molecular formula is C42H46N6O4. The lowest BCUT2D eigenvalue weighted by atomic mass is 9.94. The molecule has 9 rings (SSSR count). The molecule has 6 atom stereocenters. The van der Waals surface area contributed by atoms with Crippen LogP contribution in [-0.4, -0.2) is 65.2 Å². The molecule has 0 unspecified atom stereocenters. The molecule has 268 valence electrons. The van der Waals surface area contributed by atoms with Crippen LogP contribution >= 0.6 is 0 Å². The van der Waals surface area contributed by atoms with Crippen LogP contribution in [0.5, 0.6) is 0 Å². The SMILES string of the molecule is CC(C)(C)OC(=O)N1[C@@H]2C[C@@H]2C[C@H]1c1ncc(-c2ccc(-c3cccc4c(-c5cnc([C@@H]6C[C@H]7C[C@H]7N6C(=O)OC(C)(C)C)[nH]5)cccc34)cc2)[nH]1. The number of nitrogens with one attached hydrogen (secondary N) is 2. The third kappa shape index (κ3) is 5.91. The fourth-order valence-corrected chi connectivity index (χ4v) is 8.48. The standard InChI is InChI=1S/C42H46N6O4/c1-41(2,3)51-39(49)47-33-17-25(33)19-35(47)37-43-21-31(45-37)24-15-13-23(14-16-24)27-9-7-11-29-28(27)10-8-12-30(29)32-22-44-38(46-32)36-20-26-18-34(26)48(36)40(50)52-42(4,5)6/h7-16,21-22,25-26,33-36H,17-20H2,1-6H3,(H,43,45)(H,44,46)/t25-,26-,33-,34-,35+,36+/m1/s1. The van der Waals surface area contributed by atoms with Gasteiger partial charge >= 0.3 is 12.2 Å². The van der Waals surface area contributed by atoms with E-state index < -0.39 is 11.2 Å². The molecule has 2 aliphatic carbocycles. The number of aromatic nitrogens is 4.